The molecular formula is C12H6Cl3NO. The molecule has 0 N–H and O–H groups in total. The molecule has 5 heteroatoms. The highest BCUT2D eigenvalue weighted by Gasteiger charge is 2.13. The molecule has 17 heavy (non-hydrogen) atoms. The number of pyridine rings is 1. The van der Waals surface area contributed by atoms with Crippen LogP contribution in [0.5, 0.6) is 0 Å². The topological polar surface area (TPSA) is 30.0 Å². The fourth-order valence-corrected chi connectivity index (χ4v) is 1.95. The zero-order valence-corrected chi connectivity index (χ0v) is 10.7. The lowest BCUT2D eigenvalue weighted by molar-refractivity contribution is 0.103. The summed E-state index contributed by atoms with van der Waals surface area (Å²) in [5.74, 6) is -0.212. The summed E-state index contributed by atoms with van der Waals surface area (Å²) in [6.07, 6.45) is 1.41. The van der Waals surface area contributed by atoms with Crippen LogP contribution < -0.4 is 0 Å². The van der Waals surface area contributed by atoms with Gasteiger partial charge in [0.2, 0.25) is 0 Å². The summed E-state index contributed by atoms with van der Waals surface area (Å²) in [6.45, 7) is 0. The van der Waals surface area contributed by atoms with Gasteiger partial charge < -0.3 is 0 Å². The van der Waals surface area contributed by atoms with Gasteiger partial charge in [-0.1, -0.05) is 34.8 Å². The van der Waals surface area contributed by atoms with Crippen LogP contribution in [0.3, 0.4) is 0 Å². The lowest BCUT2D eigenvalue weighted by atomic mass is 10.1. The standard InChI is InChI=1S/C12H6Cl3NO/c13-8-2-3-9(10(14)5-8)12(17)7-1-4-11(15)16-6-7/h1-6H. The molecule has 0 bridgehead atoms. The average molecular weight is 287 g/mol. The van der Waals surface area contributed by atoms with E-state index >= 15 is 0 Å². The Balaban J connectivity index is 2.40. The number of halogens is 3. The van der Waals surface area contributed by atoms with Crippen molar-refractivity contribution in [3.8, 4) is 0 Å². The number of hydrogen-bond donors (Lipinski definition) is 0. The van der Waals surface area contributed by atoms with E-state index in [4.69, 9.17) is 34.8 Å². The summed E-state index contributed by atoms with van der Waals surface area (Å²) in [4.78, 5) is 15.9. The number of carbonyl (C=O) groups is 1. The van der Waals surface area contributed by atoms with E-state index in [1.165, 1.54) is 12.3 Å². The second-order valence-corrected chi connectivity index (χ2v) is 4.55. The van der Waals surface area contributed by atoms with Crippen LogP contribution in [0.2, 0.25) is 15.2 Å². The first-order valence-electron chi connectivity index (χ1n) is 4.69. The maximum absolute atomic E-state index is 12.1. The number of aromatic nitrogens is 1. The number of hydrogen-bond acceptors (Lipinski definition) is 2. The van der Waals surface area contributed by atoms with Gasteiger partial charge in [-0.2, -0.15) is 0 Å². The zero-order valence-electron chi connectivity index (χ0n) is 8.45. The number of ketones is 1. The summed E-state index contributed by atoms with van der Waals surface area (Å²) in [6, 6.07) is 7.88. The van der Waals surface area contributed by atoms with Gasteiger partial charge in [0, 0.05) is 22.3 Å². The Bertz CT molecular complexity index is 566. The molecule has 2 aromatic rings. The van der Waals surface area contributed by atoms with Crippen LogP contribution in [0.15, 0.2) is 36.5 Å². The fraction of sp³-hybridized carbons (Fsp3) is 0. The molecule has 0 unspecified atom stereocenters. The monoisotopic (exact) mass is 285 g/mol. The second-order valence-electron chi connectivity index (χ2n) is 3.32. The molecule has 1 aromatic heterocycles. The zero-order chi connectivity index (χ0) is 12.4. The summed E-state index contributed by atoms with van der Waals surface area (Å²) in [5.41, 5.74) is 0.818. The molecule has 2 nitrogen and oxygen atoms in total. The first-order chi connectivity index (χ1) is 8.08. The summed E-state index contributed by atoms with van der Waals surface area (Å²) in [7, 11) is 0. The summed E-state index contributed by atoms with van der Waals surface area (Å²) in [5, 5.41) is 1.14. The predicted octanol–water partition coefficient (Wildman–Crippen LogP) is 4.27. The normalized spacial score (nSPS) is 10.3. The molecule has 2 rings (SSSR count). The molecule has 1 heterocycles. The molecule has 0 aliphatic rings. The average Bonchev–Trinajstić information content (AvgIpc) is 2.29. The van der Waals surface area contributed by atoms with Crippen molar-refractivity contribution in [2.24, 2.45) is 0 Å². The van der Waals surface area contributed by atoms with Gasteiger partial charge in [-0.05, 0) is 30.3 Å². The van der Waals surface area contributed by atoms with E-state index in [2.05, 4.69) is 4.98 Å². The highest BCUT2D eigenvalue weighted by Crippen LogP contribution is 2.23. The number of nitrogens with zero attached hydrogens (tertiary/aromatic N) is 1. The molecular weight excluding hydrogens is 280 g/mol. The van der Waals surface area contributed by atoms with Gasteiger partial charge in [0.1, 0.15) is 5.15 Å². The first-order valence-corrected chi connectivity index (χ1v) is 5.82. The van der Waals surface area contributed by atoms with Crippen molar-refractivity contribution >= 4 is 40.6 Å². The van der Waals surface area contributed by atoms with E-state index in [0.29, 0.717) is 26.3 Å². The molecule has 0 fully saturated rings. The van der Waals surface area contributed by atoms with Crippen LogP contribution in [0.4, 0.5) is 0 Å². The molecule has 0 spiro atoms. The molecule has 0 amide bonds. The highest BCUT2D eigenvalue weighted by molar-refractivity contribution is 6.37. The maximum Gasteiger partial charge on any atom is 0.196 e. The fourth-order valence-electron chi connectivity index (χ4n) is 1.34. The quantitative estimate of drug-likeness (QED) is 0.609. The van der Waals surface area contributed by atoms with E-state index in [-0.39, 0.29) is 5.78 Å². The van der Waals surface area contributed by atoms with Crippen LogP contribution in [-0.4, -0.2) is 10.8 Å². The SMILES string of the molecule is O=C(c1ccc(Cl)nc1)c1ccc(Cl)cc1Cl. The van der Waals surface area contributed by atoms with Crippen LogP contribution in [0, 0.1) is 0 Å². The van der Waals surface area contributed by atoms with Crippen LogP contribution in [0.25, 0.3) is 0 Å². The third kappa shape index (κ3) is 2.78. The summed E-state index contributed by atoms with van der Waals surface area (Å²) >= 11 is 17.4. The Hall–Kier alpha value is -1.09. The van der Waals surface area contributed by atoms with Gasteiger partial charge in [0.05, 0.1) is 5.02 Å². The van der Waals surface area contributed by atoms with Crippen molar-refractivity contribution in [3.05, 3.63) is 62.9 Å². The van der Waals surface area contributed by atoms with E-state index in [1.54, 1.807) is 24.3 Å². The molecule has 0 saturated carbocycles. The molecule has 0 radical (unpaired) electrons. The highest BCUT2D eigenvalue weighted by atomic mass is 35.5. The Morgan fingerprint density at radius 2 is 1.82 bits per heavy atom. The van der Waals surface area contributed by atoms with Crippen molar-refractivity contribution in [1.29, 1.82) is 0 Å². The minimum Gasteiger partial charge on any atom is -0.288 e. The van der Waals surface area contributed by atoms with Crippen LogP contribution >= 0.6 is 34.8 Å². The van der Waals surface area contributed by atoms with Gasteiger partial charge in [-0.25, -0.2) is 4.98 Å². The van der Waals surface area contributed by atoms with Crippen molar-refractivity contribution in [2.75, 3.05) is 0 Å². The Morgan fingerprint density at radius 3 is 2.41 bits per heavy atom. The van der Waals surface area contributed by atoms with Gasteiger partial charge >= 0.3 is 0 Å². The third-order valence-electron chi connectivity index (χ3n) is 2.17. The second kappa shape index (κ2) is 5.05. The third-order valence-corrected chi connectivity index (χ3v) is 2.94. The first kappa shape index (κ1) is 12.4. The maximum atomic E-state index is 12.1. The molecule has 1 aromatic carbocycles. The van der Waals surface area contributed by atoms with Gasteiger partial charge in [0.15, 0.2) is 5.78 Å². The minimum atomic E-state index is -0.212. The van der Waals surface area contributed by atoms with E-state index in [0.717, 1.165) is 0 Å². The molecule has 0 atom stereocenters. The van der Waals surface area contributed by atoms with E-state index < -0.39 is 0 Å². The molecule has 86 valence electrons. The lowest BCUT2D eigenvalue weighted by Crippen LogP contribution is -2.02. The Morgan fingerprint density at radius 1 is 1.06 bits per heavy atom. The van der Waals surface area contributed by atoms with Crippen molar-refractivity contribution in [2.45, 2.75) is 0 Å². The van der Waals surface area contributed by atoms with E-state index in [9.17, 15) is 4.79 Å². The lowest BCUT2D eigenvalue weighted by Gasteiger charge is -2.03. The van der Waals surface area contributed by atoms with Crippen molar-refractivity contribution in [1.82, 2.24) is 4.98 Å². The van der Waals surface area contributed by atoms with Crippen LogP contribution in [0.1, 0.15) is 15.9 Å². The number of rotatable bonds is 2. The Labute approximate surface area is 113 Å². The number of carbonyl (C=O) groups excluding carboxylic acids is 1. The Kier molecular flexibility index (Phi) is 3.67. The molecule has 0 saturated heterocycles. The van der Waals surface area contributed by atoms with Gasteiger partial charge in [-0.15, -0.1) is 0 Å². The van der Waals surface area contributed by atoms with Gasteiger partial charge in [-0.3, -0.25) is 4.79 Å². The number of benzene rings is 1. The van der Waals surface area contributed by atoms with Crippen molar-refractivity contribution in [3.63, 3.8) is 0 Å². The van der Waals surface area contributed by atoms with Crippen LogP contribution in [-0.2, 0) is 0 Å². The largest absolute Gasteiger partial charge is 0.288 e. The van der Waals surface area contributed by atoms with E-state index in [1.807, 2.05) is 0 Å². The van der Waals surface area contributed by atoms with Gasteiger partial charge in [0.25, 0.3) is 0 Å². The minimum absolute atomic E-state index is 0.212. The molecule has 0 aliphatic heterocycles. The summed E-state index contributed by atoms with van der Waals surface area (Å²) < 4.78 is 0. The smallest absolute Gasteiger partial charge is 0.196 e. The predicted molar refractivity (Wildman–Crippen MR) is 69.1 cm³/mol. The van der Waals surface area contributed by atoms with Crippen molar-refractivity contribution < 1.29 is 4.79 Å². The molecule has 0 aliphatic carbocycles.